The highest BCUT2D eigenvalue weighted by Gasteiger charge is 2.14. The van der Waals surface area contributed by atoms with E-state index in [0.29, 0.717) is 12.6 Å². The summed E-state index contributed by atoms with van der Waals surface area (Å²) in [4.78, 5) is 7.87. The largest absolute Gasteiger partial charge is 0.370 e. The van der Waals surface area contributed by atoms with Crippen LogP contribution in [0.3, 0.4) is 0 Å². The van der Waals surface area contributed by atoms with Crippen molar-refractivity contribution in [2.75, 3.05) is 11.9 Å². The molecule has 0 aliphatic carbocycles. The Balaban J connectivity index is 2.12. The molecular formula is C14H19N3S. The van der Waals surface area contributed by atoms with Crippen LogP contribution in [0.25, 0.3) is 0 Å². The number of hydrogen-bond acceptors (Lipinski definition) is 4. The lowest BCUT2D eigenvalue weighted by atomic mass is 10.1. The molecule has 96 valence electrons. The third-order valence-electron chi connectivity index (χ3n) is 3.23. The first kappa shape index (κ1) is 13.1. The highest BCUT2D eigenvalue weighted by atomic mass is 32.1. The fraction of sp³-hybridized carbons (Fsp3) is 0.357. The average molecular weight is 261 g/mol. The van der Waals surface area contributed by atoms with Crippen molar-refractivity contribution in [3.63, 3.8) is 0 Å². The molecule has 3 nitrogen and oxygen atoms in total. The van der Waals surface area contributed by atoms with Gasteiger partial charge >= 0.3 is 0 Å². The zero-order valence-corrected chi connectivity index (χ0v) is 11.7. The van der Waals surface area contributed by atoms with E-state index in [-0.39, 0.29) is 0 Å². The number of thiophene rings is 1. The van der Waals surface area contributed by atoms with Gasteiger partial charge in [0.05, 0.1) is 11.9 Å². The number of pyridine rings is 1. The molecule has 4 heteroatoms. The molecule has 2 heterocycles. The maximum Gasteiger partial charge on any atom is 0.0598 e. The second-order valence-electron chi connectivity index (χ2n) is 4.45. The number of nitrogens with two attached hydrogens (primary N) is 1. The molecule has 0 amide bonds. The summed E-state index contributed by atoms with van der Waals surface area (Å²) in [7, 11) is 2.11. The summed E-state index contributed by atoms with van der Waals surface area (Å²) in [5.74, 6) is 0. The van der Waals surface area contributed by atoms with Crippen LogP contribution in [0.15, 0.2) is 36.0 Å². The van der Waals surface area contributed by atoms with Gasteiger partial charge in [-0.2, -0.15) is 0 Å². The minimum Gasteiger partial charge on any atom is -0.370 e. The summed E-state index contributed by atoms with van der Waals surface area (Å²) in [5, 5.41) is 2.12. The molecule has 0 saturated carbocycles. The van der Waals surface area contributed by atoms with E-state index < -0.39 is 0 Å². The summed E-state index contributed by atoms with van der Waals surface area (Å²) in [5.41, 5.74) is 8.04. The van der Waals surface area contributed by atoms with E-state index in [1.54, 1.807) is 17.5 Å². The van der Waals surface area contributed by atoms with Gasteiger partial charge in [0, 0.05) is 37.1 Å². The molecule has 2 N–H and O–H groups in total. The highest BCUT2D eigenvalue weighted by Crippen LogP contribution is 2.22. The Bertz CT molecular complexity index is 482. The van der Waals surface area contributed by atoms with Crippen LogP contribution < -0.4 is 10.6 Å². The Morgan fingerprint density at radius 3 is 2.94 bits per heavy atom. The van der Waals surface area contributed by atoms with Gasteiger partial charge in [-0.15, -0.1) is 11.3 Å². The molecule has 0 bridgehead atoms. The summed E-state index contributed by atoms with van der Waals surface area (Å²) >= 11 is 1.81. The second-order valence-corrected chi connectivity index (χ2v) is 5.48. The van der Waals surface area contributed by atoms with Gasteiger partial charge in [0.1, 0.15) is 0 Å². The minimum absolute atomic E-state index is 0.429. The minimum atomic E-state index is 0.429. The molecule has 0 spiro atoms. The maximum atomic E-state index is 5.77. The predicted molar refractivity (Wildman–Crippen MR) is 78.0 cm³/mol. The van der Waals surface area contributed by atoms with Crippen molar-refractivity contribution in [2.24, 2.45) is 5.73 Å². The number of anilines is 1. The number of aromatic nitrogens is 1. The van der Waals surface area contributed by atoms with Crippen LogP contribution in [0.1, 0.15) is 17.4 Å². The Labute approximate surface area is 112 Å². The maximum absolute atomic E-state index is 5.77. The molecule has 1 atom stereocenters. The molecule has 0 fully saturated rings. The molecule has 2 aromatic heterocycles. The van der Waals surface area contributed by atoms with Crippen LogP contribution in [0.5, 0.6) is 0 Å². The number of nitrogens with zero attached hydrogens (tertiary/aromatic N) is 2. The molecular weight excluding hydrogens is 242 g/mol. The van der Waals surface area contributed by atoms with Crippen LogP contribution in [0.2, 0.25) is 0 Å². The van der Waals surface area contributed by atoms with Gasteiger partial charge in [-0.05, 0) is 30.0 Å². The van der Waals surface area contributed by atoms with Gasteiger partial charge in [0.2, 0.25) is 0 Å². The first-order valence-electron chi connectivity index (χ1n) is 6.10. The van der Waals surface area contributed by atoms with Gasteiger partial charge in [-0.1, -0.05) is 6.07 Å². The monoisotopic (exact) mass is 261 g/mol. The molecule has 0 radical (unpaired) electrons. The Morgan fingerprint density at radius 2 is 2.28 bits per heavy atom. The summed E-state index contributed by atoms with van der Waals surface area (Å²) in [6, 6.07) is 6.70. The first-order chi connectivity index (χ1) is 8.72. The van der Waals surface area contributed by atoms with Crippen LogP contribution in [0.4, 0.5) is 5.69 Å². The van der Waals surface area contributed by atoms with E-state index in [2.05, 4.69) is 41.4 Å². The van der Waals surface area contributed by atoms with Crippen LogP contribution in [-0.4, -0.2) is 18.1 Å². The zero-order chi connectivity index (χ0) is 13.0. The van der Waals surface area contributed by atoms with Crippen molar-refractivity contribution < 1.29 is 0 Å². The van der Waals surface area contributed by atoms with Gasteiger partial charge in [0.25, 0.3) is 0 Å². The standard InChI is InChI=1S/C14H19N3S/c1-11(8-13-4-3-7-18-13)17(2)14-10-16-6-5-12(14)9-15/h3-7,10-11H,8-9,15H2,1-2H3. The van der Waals surface area contributed by atoms with Gasteiger partial charge in [0.15, 0.2) is 0 Å². The van der Waals surface area contributed by atoms with E-state index in [1.165, 1.54) is 4.88 Å². The van der Waals surface area contributed by atoms with E-state index >= 15 is 0 Å². The number of hydrogen-bond donors (Lipinski definition) is 1. The molecule has 0 saturated heterocycles. The van der Waals surface area contributed by atoms with Crippen molar-refractivity contribution in [2.45, 2.75) is 25.9 Å². The fourth-order valence-corrected chi connectivity index (χ4v) is 2.83. The Morgan fingerprint density at radius 1 is 1.44 bits per heavy atom. The molecule has 1 unspecified atom stereocenters. The lowest BCUT2D eigenvalue weighted by Gasteiger charge is -2.28. The third kappa shape index (κ3) is 2.89. The second kappa shape index (κ2) is 5.98. The summed E-state index contributed by atoms with van der Waals surface area (Å²) in [6.07, 6.45) is 4.74. The Hall–Kier alpha value is -1.39. The molecule has 2 aromatic rings. The first-order valence-corrected chi connectivity index (χ1v) is 6.98. The average Bonchev–Trinajstić information content (AvgIpc) is 2.90. The third-order valence-corrected chi connectivity index (χ3v) is 4.12. The molecule has 0 aliphatic heterocycles. The molecule has 18 heavy (non-hydrogen) atoms. The van der Waals surface area contributed by atoms with Gasteiger partial charge in [-0.25, -0.2) is 0 Å². The molecule has 2 rings (SSSR count). The summed E-state index contributed by atoms with van der Waals surface area (Å²) < 4.78 is 0. The summed E-state index contributed by atoms with van der Waals surface area (Å²) in [6.45, 7) is 2.78. The quantitative estimate of drug-likeness (QED) is 0.899. The van der Waals surface area contributed by atoms with Crippen LogP contribution in [-0.2, 0) is 13.0 Å². The van der Waals surface area contributed by atoms with Crippen molar-refractivity contribution in [3.8, 4) is 0 Å². The predicted octanol–water partition coefficient (Wildman–Crippen LogP) is 2.67. The van der Waals surface area contributed by atoms with E-state index in [4.69, 9.17) is 5.73 Å². The number of likely N-dealkylation sites (N-methyl/N-ethyl adjacent to an activating group) is 1. The SMILES string of the molecule is CC(Cc1cccs1)N(C)c1cnccc1CN. The fourth-order valence-electron chi connectivity index (χ4n) is 2.00. The highest BCUT2D eigenvalue weighted by molar-refractivity contribution is 7.09. The van der Waals surface area contributed by atoms with Crippen LogP contribution in [0, 0.1) is 0 Å². The lowest BCUT2D eigenvalue weighted by molar-refractivity contribution is 0.683. The van der Waals surface area contributed by atoms with Gasteiger partial charge in [-0.3, -0.25) is 4.98 Å². The van der Waals surface area contributed by atoms with E-state index in [0.717, 1.165) is 17.7 Å². The Kier molecular flexibility index (Phi) is 4.33. The molecule has 0 aliphatic rings. The number of rotatable bonds is 5. The smallest absolute Gasteiger partial charge is 0.0598 e. The van der Waals surface area contributed by atoms with Crippen molar-refractivity contribution in [1.29, 1.82) is 0 Å². The van der Waals surface area contributed by atoms with E-state index in [9.17, 15) is 0 Å². The zero-order valence-electron chi connectivity index (χ0n) is 10.8. The topological polar surface area (TPSA) is 42.2 Å². The molecule has 0 aromatic carbocycles. The van der Waals surface area contributed by atoms with Crippen molar-refractivity contribution in [1.82, 2.24) is 4.98 Å². The van der Waals surface area contributed by atoms with Crippen molar-refractivity contribution >= 4 is 17.0 Å². The van der Waals surface area contributed by atoms with Gasteiger partial charge < -0.3 is 10.6 Å². The lowest BCUT2D eigenvalue weighted by Crippen LogP contribution is -2.31. The normalized spacial score (nSPS) is 12.4. The van der Waals surface area contributed by atoms with E-state index in [1.807, 2.05) is 12.3 Å². The van der Waals surface area contributed by atoms with Crippen LogP contribution >= 0.6 is 11.3 Å². The van der Waals surface area contributed by atoms with Crippen molar-refractivity contribution in [3.05, 3.63) is 46.4 Å².